The van der Waals surface area contributed by atoms with E-state index in [0.29, 0.717) is 5.82 Å². The molecule has 2 nitrogen and oxygen atoms in total. The van der Waals surface area contributed by atoms with Gasteiger partial charge in [0.05, 0.1) is 0 Å². The van der Waals surface area contributed by atoms with E-state index in [4.69, 9.17) is 0 Å². The standard InChI is InChI=1S/C22H31FN2/c1-2-3-4-5-6-7-8-9-10-11-12-19-17-24-22(25-18-19)20-13-15-21(23)16-14-20/h13-18H,2-12H2,1H3. The van der Waals surface area contributed by atoms with Gasteiger partial charge in [-0.05, 0) is 42.7 Å². The van der Waals surface area contributed by atoms with E-state index in [1.54, 1.807) is 12.1 Å². The first kappa shape index (κ1) is 19.6. The van der Waals surface area contributed by atoms with Gasteiger partial charge in [0.25, 0.3) is 0 Å². The average molecular weight is 343 g/mol. The number of unbranched alkanes of at least 4 members (excludes halogenated alkanes) is 9. The zero-order valence-electron chi connectivity index (χ0n) is 15.5. The molecule has 0 aliphatic rings. The van der Waals surface area contributed by atoms with E-state index in [9.17, 15) is 4.39 Å². The van der Waals surface area contributed by atoms with Crippen LogP contribution in [-0.4, -0.2) is 9.97 Å². The Morgan fingerprint density at radius 2 is 1.24 bits per heavy atom. The Morgan fingerprint density at radius 3 is 1.80 bits per heavy atom. The number of aromatic nitrogens is 2. The molecule has 0 unspecified atom stereocenters. The van der Waals surface area contributed by atoms with Crippen LogP contribution in [0.4, 0.5) is 4.39 Å². The molecule has 0 saturated carbocycles. The van der Waals surface area contributed by atoms with E-state index < -0.39 is 0 Å². The topological polar surface area (TPSA) is 25.8 Å². The zero-order chi connectivity index (χ0) is 17.7. The molecule has 0 spiro atoms. The van der Waals surface area contributed by atoms with Crippen molar-refractivity contribution >= 4 is 0 Å². The molecule has 0 amide bonds. The number of halogens is 1. The van der Waals surface area contributed by atoms with Gasteiger partial charge >= 0.3 is 0 Å². The van der Waals surface area contributed by atoms with Gasteiger partial charge in [-0.25, -0.2) is 14.4 Å². The average Bonchev–Trinajstić information content (AvgIpc) is 2.64. The van der Waals surface area contributed by atoms with Crippen LogP contribution in [0.25, 0.3) is 11.4 Å². The van der Waals surface area contributed by atoms with Crippen molar-refractivity contribution in [2.24, 2.45) is 0 Å². The van der Waals surface area contributed by atoms with Crippen molar-refractivity contribution in [2.45, 2.75) is 77.6 Å². The minimum absolute atomic E-state index is 0.235. The molecule has 0 fully saturated rings. The van der Waals surface area contributed by atoms with E-state index in [-0.39, 0.29) is 5.82 Å². The molecular formula is C22H31FN2. The molecule has 0 aliphatic carbocycles. The highest BCUT2D eigenvalue weighted by atomic mass is 19.1. The second-order valence-corrected chi connectivity index (χ2v) is 6.85. The maximum atomic E-state index is 12.9. The van der Waals surface area contributed by atoms with Gasteiger partial charge in [-0.2, -0.15) is 0 Å². The van der Waals surface area contributed by atoms with E-state index >= 15 is 0 Å². The predicted molar refractivity (Wildman–Crippen MR) is 103 cm³/mol. The summed E-state index contributed by atoms with van der Waals surface area (Å²) in [4.78, 5) is 8.82. The first-order valence-corrected chi connectivity index (χ1v) is 9.86. The summed E-state index contributed by atoms with van der Waals surface area (Å²) in [5.74, 6) is 0.424. The van der Waals surface area contributed by atoms with Crippen LogP contribution in [0.15, 0.2) is 36.7 Å². The lowest BCUT2D eigenvalue weighted by Gasteiger charge is -2.04. The fraction of sp³-hybridized carbons (Fsp3) is 0.545. The van der Waals surface area contributed by atoms with Gasteiger partial charge in [0, 0.05) is 18.0 Å². The minimum atomic E-state index is -0.235. The smallest absolute Gasteiger partial charge is 0.159 e. The fourth-order valence-electron chi connectivity index (χ4n) is 3.05. The maximum absolute atomic E-state index is 12.9. The lowest BCUT2D eigenvalue weighted by Crippen LogP contribution is -1.93. The highest BCUT2D eigenvalue weighted by Crippen LogP contribution is 2.16. The number of hydrogen-bond acceptors (Lipinski definition) is 2. The van der Waals surface area contributed by atoms with E-state index in [1.165, 1.54) is 81.9 Å². The van der Waals surface area contributed by atoms with Gasteiger partial charge in [-0.1, -0.05) is 64.7 Å². The number of benzene rings is 1. The Balaban J connectivity index is 1.58. The Morgan fingerprint density at radius 1 is 0.720 bits per heavy atom. The third-order valence-corrected chi connectivity index (χ3v) is 4.63. The van der Waals surface area contributed by atoms with Gasteiger partial charge in [0.1, 0.15) is 5.82 Å². The van der Waals surface area contributed by atoms with E-state index in [0.717, 1.165) is 12.0 Å². The first-order valence-electron chi connectivity index (χ1n) is 9.86. The Kier molecular flexibility index (Phi) is 9.17. The van der Waals surface area contributed by atoms with Gasteiger partial charge in [0.15, 0.2) is 5.82 Å². The predicted octanol–water partition coefficient (Wildman–Crippen LogP) is 6.75. The molecule has 0 atom stereocenters. The molecule has 136 valence electrons. The molecule has 0 N–H and O–H groups in total. The van der Waals surface area contributed by atoms with E-state index in [2.05, 4.69) is 16.9 Å². The molecule has 1 aromatic heterocycles. The van der Waals surface area contributed by atoms with Crippen LogP contribution in [0.1, 0.15) is 76.7 Å². The van der Waals surface area contributed by atoms with Crippen LogP contribution in [0, 0.1) is 5.82 Å². The van der Waals surface area contributed by atoms with Crippen LogP contribution < -0.4 is 0 Å². The normalized spacial score (nSPS) is 11.0. The molecule has 25 heavy (non-hydrogen) atoms. The summed E-state index contributed by atoms with van der Waals surface area (Å²) >= 11 is 0. The molecule has 0 radical (unpaired) electrons. The molecule has 3 heteroatoms. The first-order chi connectivity index (χ1) is 12.3. The lowest BCUT2D eigenvalue weighted by molar-refractivity contribution is 0.556. The van der Waals surface area contributed by atoms with Crippen molar-refractivity contribution in [3.63, 3.8) is 0 Å². The number of rotatable bonds is 12. The van der Waals surface area contributed by atoms with Crippen LogP contribution in [-0.2, 0) is 6.42 Å². The third-order valence-electron chi connectivity index (χ3n) is 4.63. The highest BCUT2D eigenvalue weighted by Gasteiger charge is 2.02. The lowest BCUT2D eigenvalue weighted by atomic mass is 10.0. The number of hydrogen-bond donors (Lipinski definition) is 0. The second-order valence-electron chi connectivity index (χ2n) is 6.85. The molecule has 0 saturated heterocycles. The Hall–Kier alpha value is -1.77. The summed E-state index contributed by atoms with van der Waals surface area (Å²) in [7, 11) is 0. The summed E-state index contributed by atoms with van der Waals surface area (Å²) in [6, 6.07) is 6.31. The molecular weight excluding hydrogens is 311 g/mol. The summed E-state index contributed by atoms with van der Waals surface area (Å²) in [5.41, 5.74) is 2.04. The van der Waals surface area contributed by atoms with Crippen molar-refractivity contribution in [2.75, 3.05) is 0 Å². The molecule has 0 aliphatic heterocycles. The zero-order valence-corrected chi connectivity index (χ0v) is 15.5. The summed E-state index contributed by atoms with van der Waals surface area (Å²) in [6.45, 7) is 2.27. The Labute approximate surface area is 151 Å². The van der Waals surface area contributed by atoms with Crippen LogP contribution in [0.3, 0.4) is 0 Å². The molecule has 1 aromatic carbocycles. The van der Waals surface area contributed by atoms with Crippen molar-refractivity contribution in [3.05, 3.63) is 48.0 Å². The van der Waals surface area contributed by atoms with Crippen molar-refractivity contribution in [1.82, 2.24) is 9.97 Å². The van der Waals surface area contributed by atoms with E-state index in [1.807, 2.05) is 12.4 Å². The van der Waals surface area contributed by atoms with Crippen molar-refractivity contribution in [3.8, 4) is 11.4 Å². The minimum Gasteiger partial charge on any atom is -0.236 e. The van der Waals surface area contributed by atoms with Crippen molar-refractivity contribution in [1.29, 1.82) is 0 Å². The Bertz CT molecular complexity index is 578. The molecule has 2 aromatic rings. The monoisotopic (exact) mass is 342 g/mol. The largest absolute Gasteiger partial charge is 0.236 e. The molecule has 1 heterocycles. The third kappa shape index (κ3) is 7.76. The summed E-state index contributed by atoms with van der Waals surface area (Å²) < 4.78 is 12.9. The SMILES string of the molecule is CCCCCCCCCCCCc1cnc(-c2ccc(F)cc2)nc1. The van der Waals surface area contributed by atoms with Crippen LogP contribution in [0.2, 0.25) is 0 Å². The van der Waals surface area contributed by atoms with Gasteiger partial charge in [-0.15, -0.1) is 0 Å². The number of aryl methyl sites for hydroxylation is 1. The number of nitrogens with zero attached hydrogens (tertiary/aromatic N) is 2. The van der Waals surface area contributed by atoms with Crippen LogP contribution >= 0.6 is 0 Å². The summed E-state index contributed by atoms with van der Waals surface area (Å²) in [5, 5.41) is 0. The van der Waals surface area contributed by atoms with Gasteiger partial charge in [0.2, 0.25) is 0 Å². The highest BCUT2D eigenvalue weighted by molar-refractivity contribution is 5.54. The van der Waals surface area contributed by atoms with Gasteiger partial charge < -0.3 is 0 Å². The molecule has 2 rings (SSSR count). The van der Waals surface area contributed by atoms with Crippen LogP contribution in [0.5, 0.6) is 0 Å². The second kappa shape index (κ2) is 11.7. The fourth-order valence-corrected chi connectivity index (χ4v) is 3.05. The summed E-state index contributed by atoms with van der Waals surface area (Å²) in [6.07, 6.45) is 18.4. The van der Waals surface area contributed by atoms with Crippen molar-refractivity contribution < 1.29 is 4.39 Å². The quantitative estimate of drug-likeness (QED) is 0.399. The van der Waals surface area contributed by atoms with Gasteiger partial charge in [-0.3, -0.25) is 0 Å². The molecule has 0 bridgehead atoms. The maximum Gasteiger partial charge on any atom is 0.159 e.